The average molecular weight is 498 g/mol. The summed E-state index contributed by atoms with van der Waals surface area (Å²) < 4.78 is 0. The molecular formula is C32H67NO2. The molecule has 0 aromatic heterocycles. The molecule has 0 spiro atoms. The first kappa shape index (κ1) is 34.9. The van der Waals surface area contributed by atoms with Gasteiger partial charge in [-0.1, -0.05) is 156 Å². The fourth-order valence-electron chi connectivity index (χ4n) is 5.18. The van der Waals surface area contributed by atoms with Gasteiger partial charge >= 0.3 is 0 Å². The highest BCUT2D eigenvalue weighted by atomic mass is 16.3. The lowest BCUT2D eigenvalue weighted by molar-refractivity contribution is 0.0596. The van der Waals surface area contributed by atoms with Gasteiger partial charge in [0.15, 0.2) is 0 Å². The number of nitrogens with zero attached hydrogens (tertiary/aromatic N) is 1. The lowest BCUT2D eigenvalue weighted by Crippen LogP contribution is -2.38. The lowest BCUT2D eigenvalue weighted by atomic mass is 10.0. The molecule has 0 radical (unpaired) electrons. The first-order chi connectivity index (χ1) is 17.1. The Hall–Kier alpha value is -0.120. The molecule has 0 aliphatic carbocycles. The van der Waals surface area contributed by atoms with E-state index in [9.17, 15) is 10.2 Å². The number of aliphatic hydroxyl groups is 2. The molecule has 2 unspecified atom stereocenters. The second-order valence-electron chi connectivity index (χ2n) is 11.4. The maximum absolute atomic E-state index is 10.6. The molecule has 0 aliphatic heterocycles. The first-order valence-corrected chi connectivity index (χ1v) is 16.2. The Morgan fingerprint density at radius 1 is 0.400 bits per heavy atom. The van der Waals surface area contributed by atoms with Crippen molar-refractivity contribution in [2.45, 2.75) is 187 Å². The fourth-order valence-corrected chi connectivity index (χ4v) is 5.18. The molecule has 0 saturated carbocycles. The molecule has 3 heteroatoms. The highest BCUT2D eigenvalue weighted by Crippen LogP contribution is 2.14. The molecule has 0 aliphatic rings. The lowest BCUT2D eigenvalue weighted by Gasteiger charge is -2.27. The fraction of sp³-hybridized carbons (Fsp3) is 1.00. The molecule has 2 atom stereocenters. The van der Waals surface area contributed by atoms with Gasteiger partial charge in [-0.15, -0.1) is 0 Å². The molecule has 2 N–H and O–H groups in total. The molecule has 0 heterocycles. The monoisotopic (exact) mass is 498 g/mol. The molecule has 0 aromatic carbocycles. The zero-order valence-corrected chi connectivity index (χ0v) is 24.6. The average Bonchev–Trinajstić information content (AvgIpc) is 2.84. The van der Waals surface area contributed by atoms with Gasteiger partial charge in [0.05, 0.1) is 12.2 Å². The van der Waals surface area contributed by atoms with Crippen LogP contribution in [0.25, 0.3) is 0 Å². The van der Waals surface area contributed by atoms with Gasteiger partial charge in [0, 0.05) is 13.1 Å². The summed E-state index contributed by atoms with van der Waals surface area (Å²) in [5.41, 5.74) is 0. The van der Waals surface area contributed by atoms with E-state index < -0.39 is 0 Å². The van der Waals surface area contributed by atoms with Crippen LogP contribution in [0.2, 0.25) is 0 Å². The Bertz CT molecular complexity index is 370. The Morgan fingerprint density at radius 2 is 0.686 bits per heavy atom. The third kappa shape index (κ3) is 26.7. The van der Waals surface area contributed by atoms with Crippen molar-refractivity contribution < 1.29 is 10.2 Å². The van der Waals surface area contributed by atoms with E-state index in [1.807, 2.05) is 0 Å². The Kier molecular flexibility index (Phi) is 28.4. The maximum Gasteiger partial charge on any atom is 0.0667 e. The van der Waals surface area contributed by atoms with Crippen LogP contribution in [-0.2, 0) is 0 Å². The van der Waals surface area contributed by atoms with E-state index >= 15 is 0 Å². The first-order valence-electron chi connectivity index (χ1n) is 16.2. The SMILES string of the molecule is CCCCCCCCCCCCCCCCN(CC(O)CCCCCC)CC(O)CCCCCC. The normalized spacial score (nSPS) is 13.5. The molecule has 3 nitrogen and oxygen atoms in total. The third-order valence-corrected chi connectivity index (χ3v) is 7.55. The van der Waals surface area contributed by atoms with Crippen molar-refractivity contribution in [3.8, 4) is 0 Å². The van der Waals surface area contributed by atoms with Crippen LogP contribution in [0, 0.1) is 0 Å². The predicted octanol–water partition coefficient (Wildman–Crippen LogP) is 9.43. The minimum atomic E-state index is -0.245. The van der Waals surface area contributed by atoms with E-state index in [0.717, 1.165) is 45.3 Å². The van der Waals surface area contributed by atoms with Crippen LogP contribution in [-0.4, -0.2) is 47.0 Å². The van der Waals surface area contributed by atoms with Crippen LogP contribution in [0.4, 0.5) is 0 Å². The van der Waals surface area contributed by atoms with Gasteiger partial charge in [0.1, 0.15) is 0 Å². The van der Waals surface area contributed by atoms with Crippen LogP contribution in [0.1, 0.15) is 175 Å². The standard InChI is InChI=1S/C32H67NO2/c1-4-7-10-13-14-15-16-17-18-19-20-21-22-25-28-33(29-31(34)26-23-11-8-5-2)30-32(35)27-24-12-9-6-3/h31-32,34-35H,4-30H2,1-3H3. The van der Waals surface area contributed by atoms with E-state index in [2.05, 4.69) is 25.7 Å². The van der Waals surface area contributed by atoms with Gasteiger partial charge in [-0.2, -0.15) is 0 Å². The maximum atomic E-state index is 10.6. The summed E-state index contributed by atoms with van der Waals surface area (Å²) in [7, 11) is 0. The minimum Gasteiger partial charge on any atom is -0.392 e. The van der Waals surface area contributed by atoms with Crippen molar-refractivity contribution in [1.82, 2.24) is 4.90 Å². The zero-order chi connectivity index (χ0) is 25.8. The van der Waals surface area contributed by atoms with Gasteiger partial charge in [-0.05, 0) is 25.8 Å². The van der Waals surface area contributed by atoms with Crippen LogP contribution >= 0.6 is 0 Å². The van der Waals surface area contributed by atoms with Crippen molar-refractivity contribution in [2.75, 3.05) is 19.6 Å². The minimum absolute atomic E-state index is 0.245. The van der Waals surface area contributed by atoms with E-state index in [4.69, 9.17) is 0 Å². The van der Waals surface area contributed by atoms with Crippen LogP contribution in [0.15, 0.2) is 0 Å². The molecule has 35 heavy (non-hydrogen) atoms. The summed E-state index contributed by atoms with van der Waals surface area (Å²) in [6, 6.07) is 0. The summed E-state index contributed by atoms with van der Waals surface area (Å²) in [6.45, 7) is 9.24. The van der Waals surface area contributed by atoms with E-state index in [-0.39, 0.29) is 12.2 Å². The number of aliphatic hydroxyl groups excluding tert-OH is 2. The van der Waals surface area contributed by atoms with Crippen molar-refractivity contribution in [2.24, 2.45) is 0 Å². The van der Waals surface area contributed by atoms with Crippen LogP contribution < -0.4 is 0 Å². The molecule has 0 bridgehead atoms. The third-order valence-electron chi connectivity index (χ3n) is 7.55. The molecule has 212 valence electrons. The van der Waals surface area contributed by atoms with Crippen molar-refractivity contribution in [3.63, 3.8) is 0 Å². The quantitative estimate of drug-likeness (QED) is 0.101. The Morgan fingerprint density at radius 3 is 1.03 bits per heavy atom. The highest BCUT2D eigenvalue weighted by molar-refractivity contribution is 4.70. The summed E-state index contributed by atoms with van der Waals surface area (Å²) in [5, 5.41) is 21.1. The van der Waals surface area contributed by atoms with Gasteiger partial charge in [-0.25, -0.2) is 0 Å². The van der Waals surface area contributed by atoms with Crippen molar-refractivity contribution in [3.05, 3.63) is 0 Å². The Labute approximate surface area is 221 Å². The number of hydrogen-bond acceptors (Lipinski definition) is 3. The van der Waals surface area contributed by atoms with E-state index in [1.165, 1.54) is 128 Å². The van der Waals surface area contributed by atoms with Gasteiger partial charge in [0.25, 0.3) is 0 Å². The number of hydrogen-bond donors (Lipinski definition) is 2. The summed E-state index contributed by atoms with van der Waals surface area (Å²) in [6.07, 6.45) is 30.4. The topological polar surface area (TPSA) is 43.7 Å². The molecular weight excluding hydrogens is 430 g/mol. The van der Waals surface area contributed by atoms with Gasteiger partial charge in [-0.3, -0.25) is 4.90 Å². The molecule has 0 rings (SSSR count). The van der Waals surface area contributed by atoms with E-state index in [0.29, 0.717) is 0 Å². The second-order valence-corrected chi connectivity index (χ2v) is 11.4. The highest BCUT2D eigenvalue weighted by Gasteiger charge is 2.15. The predicted molar refractivity (Wildman–Crippen MR) is 156 cm³/mol. The second kappa shape index (κ2) is 28.5. The summed E-state index contributed by atoms with van der Waals surface area (Å²) >= 11 is 0. The molecule has 0 fully saturated rings. The van der Waals surface area contributed by atoms with E-state index in [1.54, 1.807) is 0 Å². The van der Waals surface area contributed by atoms with Crippen LogP contribution in [0.3, 0.4) is 0 Å². The number of rotatable bonds is 29. The largest absolute Gasteiger partial charge is 0.392 e. The summed E-state index contributed by atoms with van der Waals surface area (Å²) in [4.78, 5) is 2.36. The zero-order valence-electron chi connectivity index (χ0n) is 24.6. The van der Waals surface area contributed by atoms with Crippen molar-refractivity contribution in [1.29, 1.82) is 0 Å². The summed E-state index contributed by atoms with van der Waals surface area (Å²) in [5.74, 6) is 0. The van der Waals surface area contributed by atoms with Gasteiger partial charge < -0.3 is 10.2 Å². The molecule has 0 amide bonds. The smallest absolute Gasteiger partial charge is 0.0667 e. The molecule has 0 saturated heterocycles. The van der Waals surface area contributed by atoms with Gasteiger partial charge in [0.2, 0.25) is 0 Å². The van der Waals surface area contributed by atoms with Crippen molar-refractivity contribution >= 4 is 0 Å². The number of unbranched alkanes of at least 4 members (excludes halogenated alkanes) is 19. The Balaban J connectivity index is 3.96. The van der Waals surface area contributed by atoms with Crippen LogP contribution in [0.5, 0.6) is 0 Å². The molecule has 0 aromatic rings.